The van der Waals surface area contributed by atoms with Crippen LogP contribution in [0.2, 0.25) is 0 Å². The number of rotatable bonds is 5. The van der Waals surface area contributed by atoms with Crippen LogP contribution in [0.25, 0.3) is 16.6 Å². The number of fused-ring (bicyclic) bond motifs is 1. The summed E-state index contributed by atoms with van der Waals surface area (Å²) in [5.74, 6) is 0.951. The molecule has 126 valence electrons. The van der Waals surface area contributed by atoms with E-state index in [4.69, 9.17) is 0 Å². The maximum absolute atomic E-state index is 12.5. The van der Waals surface area contributed by atoms with E-state index < -0.39 is 0 Å². The second-order valence-corrected chi connectivity index (χ2v) is 6.85. The van der Waals surface area contributed by atoms with E-state index in [0.717, 1.165) is 28.0 Å². The van der Waals surface area contributed by atoms with Crippen LogP contribution in [0.4, 0.5) is 5.69 Å². The van der Waals surface area contributed by atoms with Gasteiger partial charge in [0.2, 0.25) is 5.91 Å². The van der Waals surface area contributed by atoms with Crippen molar-refractivity contribution < 1.29 is 4.79 Å². The molecule has 0 fully saturated rings. The first kappa shape index (κ1) is 16.6. The Morgan fingerprint density at radius 2 is 2.17 bits per heavy atom. The van der Waals surface area contributed by atoms with E-state index in [2.05, 4.69) is 10.2 Å². The molecule has 0 saturated heterocycles. The van der Waals surface area contributed by atoms with E-state index >= 15 is 0 Å². The van der Waals surface area contributed by atoms with Crippen molar-refractivity contribution in [1.82, 2.24) is 19.6 Å². The summed E-state index contributed by atoms with van der Waals surface area (Å²) in [7, 11) is 3.70. The quantitative estimate of drug-likeness (QED) is 0.715. The standard InChI is InChI=1S/C17H21N5OS/c1-12(11-24-4)17(23)21(3)14-5-6-16-13(7-14)9-22(19-16)15-8-18-20(2)10-15/h5-10,12H,11H2,1-4H3. The van der Waals surface area contributed by atoms with Crippen molar-refractivity contribution in [3.63, 3.8) is 0 Å². The number of aryl methyl sites for hydroxylation is 1. The fourth-order valence-electron chi connectivity index (χ4n) is 2.66. The lowest BCUT2D eigenvalue weighted by Crippen LogP contribution is -2.32. The molecule has 24 heavy (non-hydrogen) atoms. The van der Waals surface area contributed by atoms with Crippen molar-refractivity contribution in [3.8, 4) is 5.69 Å². The molecular weight excluding hydrogens is 322 g/mol. The Labute approximate surface area is 145 Å². The molecule has 3 rings (SSSR count). The molecular formula is C17H21N5OS. The molecule has 2 aromatic heterocycles. The monoisotopic (exact) mass is 343 g/mol. The lowest BCUT2D eigenvalue weighted by atomic mass is 10.1. The largest absolute Gasteiger partial charge is 0.315 e. The van der Waals surface area contributed by atoms with Crippen molar-refractivity contribution in [2.45, 2.75) is 6.92 Å². The Balaban J connectivity index is 1.89. The molecule has 0 N–H and O–H groups in total. The fourth-order valence-corrected chi connectivity index (χ4v) is 3.30. The molecule has 0 saturated carbocycles. The van der Waals surface area contributed by atoms with Crippen LogP contribution in [0.15, 0.2) is 36.8 Å². The zero-order valence-electron chi connectivity index (χ0n) is 14.3. The zero-order valence-corrected chi connectivity index (χ0v) is 15.1. The molecule has 6 nitrogen and oxygen atoms in total. The fraction of sp³-hybridized carbons (Fsp3) is 0.353. The molecule has 3 aromatic rings. The number of anilines is 1. The van der Waals surface area contributed by atoms with Crippen LogP contribution in [0, 0.1) is 5.92 Å². The molecule has 2 heterocycles. The van der Waals surface area contributed by atoms with Crippen molar-refractivity contribution in [2.75, 3.05) is 24.0 Å². The SMILES string of the molecule is CSCC(C)C(=O)N(C)c1ccc2nn(-c3cnn(C)c3)cc2c1. The van der Waals surface area contributed by atoms with Gasteiger partial charge in [-0.25, -0.2) is 4.68 Å². The summed E-state index contributed by atoms with van der Waals surface area (Å²) in [5, 5.41) is 9.73. The Kier molecular flexibility index (Phi) is 4.62. The first-order valence-electron chi connectivity index (χ1n) is 7.74. The van der Waals surface area contributed by atoms with Crippen LogP contribution in [-0.2, 0) is 11.8 Å². The molecule has 7 heteroatoms. The molecule has 0 aliphatic rings. The van der Waals surface area contributed by atoms with E-state index in [-0.39, 0.29) is 11.8 Å². The first-order valence-corrected chi connectivity index (χ1v) is 9.14. The minimum atomic E-state index is -0.00110. The van der Waals surface area contributed by atoms with Crippen LogP contribution in [-0.4, -0.2) is 44.5 Å². The van der Waals surface area contributed by atoms with E-state index in [1.807, 2.05) is 57.9 Å². The second-order valence-electron chi connectivity index (χ2n) is 5.94. The summed E-state index contributed by atoms with van der Waals surface area (Å²) >= 11 is 1.69. The van der Waals surface area contributed by atoms with Crippen molar-refractivity contribution >= 4 is 34.3 Å². The average molecular weight is 343 g/mol. The number of aromatic nitrogens is 4. The summed E-state index contributed by atoms with van der Waals surface area (Å²) < 4.78 is 3.55. The van der Waals surface area contributed by atoms with Gasteiger partial charge in [0.15, 0.2) is 0 Å². The predicted octanol–water partition coefficient (Wildman–Crippen LogP) is 2.72. The number of hydrogen-bond acceptors (Lipinski definition) is 4. The molecule has 1 aromatic carbocycles. The van der Waals surface area contributed by atoms with Crippen LogP contribution in [0.5, 0.6) is 0 Å². The maximum atomic E-state index is 12.5. The minimum Gasteiger partial charge on any atom is -0.315 e. The van der Waals surface area contributed by atoms with Gasteiger partial charge in [-0.3, -0.25) is 9.48 Å². The summed E-state index contributed by atoms with van der Waals surface area (Å²) in [6.07, 6.45) is 7.65. The third-order valence-corrected chi connectivity index (χ3v) is 4.83. The maximum Gasteiger partial charge on any atom is 0.230 e. The number of nitrogens with zero attached hydrogens (tertiary/aromatic N) is 5. The lowest BCUT2D eigenvalue weighted by molar-refractivity contribution is -0.120. The number of hydrogen-bond donors (Lipinski definition) is 0. The highest BCUT2D eigenvalue weighted by Crippen LogP contribution is 2.23. The van der Waals surface area contributed by atoms with E-state index in [1.165, 1.54) is 0 Å². The van der Waals surface area contributed by atoms with Crippen LogP contribution < -0.4 is 4.90 Å². The summed E-state index contributed by atoms with van der Waals surface area (Å²) in [5.41, 5.74) is 2.68. The number of benzene rings is 1. The predicted molar refractivity (Wildman–Crippen MR) is 98.8 cm³/mol. The van der Waals surface area contributed by atoms with Gasteiger partial charge in [0.25, 0.3) is 0 Å². The number of carbonyl (C=O) groups is 1. The highest BCUT2D eigenvalue weighted by atomic mass is 32.2. The molecule has 0 aliphatic heterocycles. The Morgan fingerprint density at radius 1 is 1.38 bits per heavy atom. The number of amides is 1. The second kappa shape index (κ2) is 6.68. The summed E-state index contributed by atoms with van der Waals surface area (Å²) in [6.45, 7) is 1.97. The molecule has 0 bridgehead atoms. The van der Waals surface area contributed by atoms with Gasteiger partial charge in [-0.1, -0.05) is 6.92 Å². The van der Waals surface area contributed by atoms with Crippen molar-refractivity contribution in [2.24, 2.45) is 13.0 Å². The lowest BCUT2D eigenvalue weighted by Gasteiger charge is -2.21. The molecule has 0 spiro atoms. The van der Waals surface area contributed by atoms with Gasteiger partial charge in [0, 0.05) is 43.0 Å². The van der Waals surface area contributed by atoms with Crippen LogP contribution in [0.3, 0.4) is 0 Å². The van der Waals surface area contributed by atoms with Gasteiger partial charge in [-0.2, -0.15) is 22.0 Å². The average Bonchev–Trinajstić information content (AvgIpc) is 3.18. The van der Waals surface area contributed by atoms with Gasteiger partial charge < -0.3 is 4.90 Å². The van der Waals surface area contributed by atoms with E-state index in [1.54, 1.807) is 32.2 Å². The minimum absolute atomic E-state index is 0.00110. The summed E-state index contributed by atoms with van der Waals surface area (Å²) in [6, 6.07) is 5.88. The zero-order chi connectivity index (χ0) is 17.3. The molecule has 0 radical (unpaired) electrons. The Hall–Kier alpha value is -2.28. The topological polar surface area (TPSA) is 56.0 Å². The molecule has 0 aliphatic carbocycles. The Morgan fingerprint density at radius 3 is 2.83 bits per heavy atom. The number of thioether (sulfide) groups is 1. The van der Waals surface area contributed by atoms with E-state index in [0.29, 0.717) is 0 Å². The highest BCUT2D eigenvalue weighted by molar-refractivity contribution is 7.98. The smallest absolute Gasteiger partial charge is 0.230 e. The highest BCUT2D eigenvalue weighted by Gasteiger charge is 2.18. The van der Waals surface area contributed by atoms with Gasteiger partial charge in [-0.15, -0.1) is 0 Å². The summed E-state index contributed by atoms with van der Waals surface area (Å²) in [4.78, 5) is 14.2. The molecule has 1 amide bonds. The van der Waals surface area contributed by atoms with Crippen LogP contribution >= 0.6 is 11.8 Å². The first-order chi connectivity index (χ1) is 11.5. The van der Waals surface area contributed by atoms with E-state index in [9.17, 15) is 4.79 Å². The normalized spacial score (nSPS) is 12.5. The van der Waals surface area contributed by atoms with Gasteiger partial charge >= 0.3 is 0 Å². The molecule has 1 atom stereocenters. The molecule has 1 unspecified atom stereocenters. The van der Waals surface area contributed by atoms with Crippen molar-refractivity contribution in [3.05, 3.63) is 36.8 Å². The van der Waals surface area contributed by atoms with Crippen LogP contribution in [0.1, 0.15) is 6.92 Å². The van der Waals surface area contributed by atoms with Gasteiger partial charge in [0.05, 0.1) is 17.9 Å². The third kappa shape index (κ3) is 3.17. The number of carbonyl (C=O) groups excluding carboxylic acids is 1. The van der Waals surface area contributed by atoms with Crippen molar-refractivity contribution in [1.29, 1.82) is 0 Å². The van der Waals surface area contributed by atoms with Gasteiger partial charge in [-0.05, 0) is 24.5 Å². The Bertz CT molecular complexity index is 869. The third-order valence-electron chi connectivity index (χ3n) is 4.00. The van der Waals surface area contributed by atoms with Gasteiger partial charge in [0.1, 0.15) is 5.69 Å².